The minimum atomic E-state index is 0. The quantitative estimate of drug-likeness (QED) is 0.130. The zero-order valence-electron chi connectivity index (χ0n) is 20.3. The number of rotatable bonds is 18. The standard InChI is InChI=1S/2C12H27P.ClH.Ni/c2*1-4-7-10-13(11-8-5-2)12-9-6-3;;/h2*4-12H2,1-3H3;1H;. The van der Waals surface area contributed by atoms with Gasteiger partial charge in [-0.15, -0.1) is 28.3 Å². The van der Waals surface area contributed by atoms with E-state index in [0.717, 1.165) is 0 Å². The van der Waals surface area contributed by atoms with Gasteiger partial charge in [0.25, 0.3) is 0 Å². The van der Waals surface area contributed by atoms with Gasteiger partial charge in [0, 0.05) is 16.5 Å². The molecule has 0 aliphatic carbocycles. The minimum Gasteiger partial charge on any atom is -0.147 e. The number of halogens is 1. The molecule has 0 N–H and O–H groups in total. The van der Waals surface area contributed by atoms with Gasteiger partial charge in [0.2, 0.25) is 0 Å². The Morgan fingerprint density at radius 3 is 0.607 bits per heavy atom. The van der Waals surface area contributed by atoms with Crippen LogP contribution in [0.3, 0.4) is 0 Å². The zero-order valence-corrected chi connectivity index (χ0v) is 23.9. The van der Waals surface area contributed by atoms with Crippen LogP contribution in [0.1, 0.15) is 119 Å². The van der Waals surface area contributed by atoms with Gasteiger partial charge in [0.05, 0.1) is 0 Å². The topological polar surface area (TPSA) is 0 Å². The van der Waals surface area contributed by atoms with Crippen LogP contribution in [0.2, 0.25) is 0 Å². The van der Waals surface area contributed by atoms with Gasteiger partial charge in [-0.2, -0.15) is 0 Å². The van der Waals surface area contributed by atoms with Gasteiger partial charge < -0.3 is 0 Å². The SMILES string of the molecule is CCCCP(CCCC)CCCC.CCCCP(CCCC)CCCC.Cl.[Ni]. The Morgan fingerprint density at radius 2 is 0.500 bits per heavy atom. The fourth-order valence-electron chi connectivity index (χ4n) is 2.96. The van der Waals surface area contributed by atoms with Crippen molar-refractivity contribution in [3.63, 3.8) is 0 Å². The van der Waals surface area contributed by atoms with Gasteiger partial charge in [0.15, 0.2) is 0 Å². The molecule has 178 valence electrons. The molecule has 0 nitrogen and oxygen atoms in total. The molecule has 0 aromatic carbocycles. The monoisotopic (exact) mass is 498 g/mol. The fraction of sp³-hybridized carbons (Fsp3) is 1.00. The van der Waals surface area contributed by atoms with Crippen molar-refractivity contribution >= 4 is 28.3 Å². The summed E-state index contributed by atoms with van der Waals surface area (Å²) in [6.45, 7) is 13.9. The second-order valence-electron chi connectivity index (χ2n) is 7.80. The van der Waals surface area contributed by atoms with Crippen molar-refractivity contribution < 1.29 is 16.5 Å². The second-order valence-corrected chi connectivity index (χ2v) is 13.2. The van der Waals surface area contributed by atoms with E-state index in [1.54, 1.807) is 37.0 Å². The van der Waals surface area contributed by atoms with Crippen molar-refractivity contribution in [2.45, 2.75) is 119 Å². The van der Waals surface area contributed by atoms with Gasteiger partial charge in [-0.25, -0.2) is 0 Å². The number of hydrogen-bond acceptors (Lipinski definition) is 0. The van der Waals surface area contributed by atoms with Crippen molar-refractivity contribution in [2.75, 3.05) is 37.0 Å². The largest absolute Gasteiger partial charge is 0.147 e. The summed E-state index contributed by atoms with van der Waals surface area (Å²) in [5.74, 6) is 0. The van der Waals surface area contributed by atoms with E-state index >= 15 is 0 Å². The third-order valence-corrected chi connectivity index (χ3v) is 10.7. The molecule has 0 aromatic rings. The Hall–Kier alpha value is 1.64. The zero-order chi connectivity index (χ0) is 19.9. The van der Waals surface area contributed by atoms with Crippen LogP contribution >= 0.6 is 28.3 Å². The molecule has 0 amide bonds. The molecule has 0 bridgehead atoms. The summed E-state index contributed by atoms with van der Waals surface area (Å²) < 4.78 is 0. The third kappa shape index (κ3) is 29.8. The molecular weight excluding hydrogens is 444 g/mol. The maximum absolute atomic E-state index is 2.31. The predicted octanol–water partition coefficient (Wildman–Crippen LogP) is 10.2. The average Bonchev–Trinajstić information content (AvgIpc) is 2.67. The molecule has 0 saturated carbocycles. The Balaban J connectivity index is -0.000000192. The predicted molar refractivity (Wildman–Crippen MR) is 140 cm³/mol. The molecule has 0 atom stereocenters. The maximum Gasteiger partial charge on any atom is 0 e. The minimum absolute atomic E-state index is 0. The third-order valence-electron chi connectivity index (χ3n) is 4.97. The first kappa shape index (κ1) is 37.0. The average molecular weight is 500 g/mol. The smallest absolute Gasteiger partial charge is 0 e. The van der Waals surface area contributed by atoms with Crippen molar-refractivity contribution in [3.05, 3.63) is 0 Å². The number of unbranched alkanes of at least 4 members (excludes halogenated alkanes) is 6. The van der Waals surface area contributed by atoms with E-state index in [4.69, 9.17) is 0 Å². The summed E-state index contributed by atoms with van der Waals surface area (Å²) in [5.41, 5.74) is 0. The van der Waals surface area contributed by atoms with Crippen LogP contribution in [-0.2, 0) is 16.5 Å². The molecule has 0 saturated heterocycles. The van der Waals surface area contributed by atoms with Crippen LogP contribution in [0.5, 0.6) is 0 Å². The summed E-state index contributed by atoms with van der Waals surface area (Å²) in [6.07, 6.45) is 26.4. The Labute approximate surface area is 199 Å². The molecule has 0 aliphatic rings. The van der Waals surface area contributed by atoms with E-state index in [1.165, 1.54) is 77.0 Å². The van der Waals surface area contributed by atoms with Crippen LogP contribution in [0.25, 0.3) is 0 Å². The van der Waals surface area contributed by atoms with E-state index in [9.17, 15) is 0 Å². The Bertz CT molecular complexity index is 181. The van der Waals surface area contributed by atoms with Gasteiger partial charge in [-0.05, 0) is 75.5 Å². The summed E-state index contributed by atoms with van der Waals surface area (Å²) in [6, 6.07) is 0. The summed E-state index contributed by atoms with van der Waals surface area (Å²) >= 11 is 0. The summed E-state index contributed by atoms with van der Waals surface area (Å²) in [4.78, 5) is 0. The summed E-state index contributed by atoms with van der Waals surface area (Å²) in [7, 11) is 0.843. The van der Waals surface area contributed by atoms with E-state index < -0.39 is 0 Å². The van der Waals surface area contributed by atoms with Gasteiger partial charge in [0.1, 0.15) is 0 Å². The molecule has 28 heavy (non-hydrogen) atoms. The molecule has 0 aliphatic heterocycles. The Kier molecular flexibility index (Phi) is 44.0. The normalized spacial score (nSPS) is 10.3. The number of hydrogen-bond donors (Lipinski definition) is 0. The van der Waals surface area contributed by atoms with Crippen molar-refractivity contribution in [1.29, 1.82) is 0 Å². The molecule has 0 radical (unpaired) electrons. The van der Waals surface area contributed by atoms with Crippen molar-refractivity contribution in [3.8, 4) is 0 Å². The van der Waals surface area contributed by atoms with Crippen LogP contribution in [0, 0.1) is 0 Å². The van der Waals surface area contributed by atoms with Crippen LogP contribution in [-0.4, -0.2) is 37.0 Å². The van der Waals surface area contributed by atoms with Gasteiger partial charge in [-0.3, -0.25) is 0 Å². The second kappa shape index (κ2) is 33.3. The van der Waals surface area contributed by atoms with Crippen molar-refractivity contribution in [1.82, 2.24) is 0 Å². The first-order valence-corrected chi connectivity index (χ1v) is 15.9. The summed E-state index contributed by atoms with van der Waals surface area (Å²) in [5, 5.41) is 0. The van der Waals surface area contributed by atoms with Gasteiger partial charge in [-0.1, -0.05) is 80.1 Å². The molecule has 0 spiro atoms. The van der Waals surface area contributed by atoms with Crippen LogP contribution in [0.15, 0.2) is 0 Å². The molecule has 0 rings (SSSR count). The van der Waals surface area contributed by atoms with E-state index in [0.29, 0.717) is 15.8 Å². The molecule has 0 fully saturated rings. The van der Waals surface area contributed by atoms with Crippen LogP contribution < -0.4 is 0 Å². The van der Waals surface area contributed by atoms with Crippen molar-refractivity contribution in [2.24, 2.45) is 0 Å². The van der Waals surface area contributed by atoms with E-state index in [1.807, 2.05) is 0 Å². The first-order chi connectivity index (χ1) is 12.7. The fourth-order valence-corrected chi connectivity index (χ4v) is 8.88. The molecule has 4 heteroatoms. The van der Waals surface area contributed by atoms with E-state index in [-0.39, 0.29) is 28.9 Å². The molecule has 0 aromatic heterocycles. The first-order valence-electron chi connectivity index (χ1n) is 12.1. The molecule has 0 unspecified atom stereocenters. The van der Waals surface area contributed by atoms with Gasteiger partial charge >= 0.3 is 0 Å². The molecule has 0 heterocycles. The van der Waals surface area contributed by atoms with E-state index in [2.05, 4.69) is 41.5 Å². The molecular formula is C24H55ClNiP2. The van der Waals surface area contributed by atoms with Crippen LogP contribution in [0.4, 0.5) is 0 Å². The maximum atomic E-state index is 2.31. The Morgan fingerprint density at radius 1 is 0.357 bits per heavy atom.